The van der Waals surface area contributed by atoms with Crippen LogP contribution in [0.2, 0.25) is 0 Å². The second kappa shape index (κ2) is 10.2. The largest absolute Gasteiger partial charge is 0.452 e. The zero-order valence-electron chi connectivity index (χ0n) is 16.9. The van der Waals surface area contributed by atoms with Crippen molar-refractivity contribution in [3.8, 4) is 0 Å². The second-order valence-electron chi connectivity index (χ2n) is 6.56. The van der Waals surface area contributed by atoms with Crippen LogP contribution in [0.3, 0.4) is 0 Å². The van der Waals surface area contributed by atoms with Gasteiger partial charge in [0.05, 0.1) is 11.3 Å². The Bertz CT molecular complexity index is 1070. The number of benzene rings is 3. The van der Waals surface area contributed by atoms with Crippen LogP contribution in [-0.2, 0) is 9.53 Å². The van der Waals surface area contributed by atoms with E-state index >= 15 is 0 Å². The molecule has 0 heterocycles. The van der Waals surface area contributed by atoms with E-state index in [0.717, 1.165) is 0 Å². The fourth-order valence-electron chi connectivity index (χ4n) is 2.96. The number of ether oxygens (including phenoxy) is 1. The van der Waals surface area contributed by atoms with Gasteiger partial charge < -0.3 is 15.0 Å². The number of hydrogen-bond donors (Lipinski definition) is 1. The molecule has 7 heteroatoms. The molecule has 0 bridgehead atoms. The zero-order valence-corrected chi connectivity index (χ0v) is 16.9. The number of nitrogens with zero attached hydrogens (tertiary/aromatic N) is 1. The average molecular weight is 420 g/mol. The molecule has 3 rings (SSSR count). The van der Waals surface area contributed by atoms with Gasteiger partial charge in [-0.3, -0.25) is 9.59 Å². The SMILES string of the molecule is CCN(C(=O)COC(=O)c1ccccc1NC(=O)c1ccccc1)c1ccc(F)cc1. The predicted molar refractivity (Wildman–Crippen MR) is 116 cm³/mol. The van der Waals surface area contributed by atoms with E-state index in [9.17, 15) is 18.8 Å². The van der Waals surface area contributed by atoms with Gasteiger partial charge in [-0.15, -0.1) is 0 Å². The molecule has 0 saturated carbocycles. The van der Waals surface area contributed by atoms with Gasteiger partial charge in [0.2, 0.25) is 0 Å². The fraction of sp³-hybridized carbons (Fsp3) is 0.125. The minimum atomic E-state index is -0.743. The molecular weight excluding hydrogens is 399 g/mol. The van der Waals surface area contributed by atoms with Gasteiger partial charge in [0.15, 0.2) is 6.61 Å². The van der Waals surface area contributed by atoms with Crippen LogP contribution in [0.5, 0.6) is 0 Å². The summed E-state index contributed by atoms with van der Waals surface area (Å²) in [5.41, 5.74) is 1.35. The summed E-state index contributed by atoms with van der Waals surface area (Å²) < 4.78 is 18.3. The maximum atomic E-state index is 13.1. The lowest BCUT2D eigenvalue weighted by atomic mass is 10.1. The number of nitrogens with one attached hydrogen (secondary N) is 1. The molecule has 158 valence electrons. The second-order valence-corrected chi connectivity index (χ2v) is 6.56. The zero-order chi connectivity index (χ0) is 22.2. The van der Waals surface area contributed by atoms with E-state index in [4.69, 9.17) is 4.74 Å². The highest BCUT2D eigenvalue weighted by molar-refractivity contribution is 6.08. The topological polar surface area (TPSA) is 75.7 Å². The van der Waals surface area contributed by atoms with Gasteiger partial charge >= 0.3 is 5.97 Å². The van der Waals surface area contributed by atoms with Gasteiger partial charge in [-0.2, -0.15) is 0 Å². The van der Waals surface area contributed by atoms with Gasteiger partial charge in [-0.05, 0) is 55.5 Å². The molecule has 0 spiro atoms. The summed E-state index contributed by atoms with van der Waals surface area (Å²) in [6.45, 7) is 1.59. The van der Waals surface area contributed by atoms with Crippen molar-refractivity contribution in [3.05, 3.63) is 95.8 Å². The Morgan fingerprint density at radius 3 is 2.23 bits per heavy atom. The van der Waals surface area contributed by atoms with Crippen LogP contribution < -0.4 is 10.2 Å². The van der Waals surface area contributed by atoms with Crippen molar-refractivity contribution >= 4 is 29.2 Å². The van der Waals surface area contributed by atoms with E-state index in [-0.39, 0.29) is 17.2 Å². The highest BCUT2D eigenvalue weighted by Crippen LogP contribution is 2.19. The van der Waals surface area contributed by atoms with Crippen LogP contribution in [0.1, 0.15) is 27.6 Å². The summed E-state index contributed by atoms with van der Waals surface area (Å²) in [5.74, 6) is -1.97. The minimum Gasteiger partial charge on any atom is -0.452 e. The van der Waals surface area contributed by atoms with Crippen molar-refractivity contribution in [2.75, 3.05) is 23.4 Å². The summed E-state index contributed by atoms with van der Waals surface area (Å²) in [6, 6.07) is 20.4. The molecule has 0 atom stereocenters. The number of halogens is 1. The number of rotatable bonds is 7. The molecule has 0 unspecified atom stereocenters. The predicted octanol–water partition coefficient (Wildman–Crippen LogP) is 4.29. The van der Waals surface area contributed by atoms with E-state index in [1.54, 1.807) is 55.5 Å². The summed E-state index contributed by atoms with van der Waals surface area (Å²) in [4.78, 5) is 38.9. The normalized spacial score (nSPS) is 10.3. The minimum absolute atomic E-state index is 0.129. The average Bonchev–Trinajstić information content (AvgIpc) is 2.80. The molecule has 6 nitrogen and oxygen atoms in total. The van der Waals surface area contributed by atoms with Crippen LogP contribution in [0.4, 0.5) is 15.8 Å². The number of hydrogen-bond acceptors (Lipinski definition) is 4. The molecule has 0 radical (unpaired) electrons. The van der Waals surface area contributed by atoms with Gasteiger partial charge in [-0.1, -0.05) is 30.3 Å². The Morgan fingerprint density at radius 1 is 0.903 bits per heavy atom. The molecule has 0 aromatic heterocycles. The van der Waals surface area contributed by atoms with E-state index < -0.39 is 24.3 Å². The first-order valence-corrected chi connectivity index (χ1v) is 9.68. The van der Waals surface area contributed by atoms with Crippen LogP contribution >= 0.6 is 0 Å². The van der Waals surface area contributed by atoms with Crippen molar-refractivity contribution in [1.82, 2.24) is 0 Å². The van der Waals surface area contributed by atoms with Gasteiger partial charge in [0.25, 0.3) is 11.8 Å². The molecule has 3 aromatic carbocycles. The third-order valence-corrected chi connectivity index (χ3v) is 4.51. The molecule has 0 aliphatic carbocycles. The highest BCUT2D eigenvalue weighted by atomic mass is 19.1. The molecule has 3 aromatic rings. The lowest BCUT2D eigenvalue weighted by Crippen LogP contribution is -2.34. The van der Waals surface area contributed by atoms with E-state index in [1.807, 2.05) is 0 Å². The third-order valence-electron chi connectivity index (χ3n) is 4.51. The first-order chi connectivity index (χ1) is 15.0. The Labute approximate surface area is 179 Å². The Hall–Kier alpha value is -4.00. The smallest absolute Gasteiger partial charge is 0.340 e. The number of likely N-dealkylation sites (N-methyl/N-ethyl adjacent to an activating group) is 1. The highest BCUT2D eigenvalue weighted by Gasteiger charge is 2.19. The fourth-order valence-corrected chi connectivity index (χ4v) is 2.96. The summed E-state index contributed by atoms with van der Waals surface area (Å²) in [5, 5.41) is 2.69. The Morgan fingerprint density at radius 2 is 1.55 bits per heavy atom. The number of carbonyl (C=O) groups excluding carboxylic acids is 3. The van der Waals surface area contributed by atoms with Crippen LogP contribution in [0.15, 0.2) is 78.9 Å². The van der Waals surface area contributed by atoms with Crippen LogP contribution in [-0.4, -0.2) is 30.9 Å². The molecule has 1 N–H and O–H groups in total. The van der Waals surface area contributed by atoms with E-state index in [1.165, 1.54) is 35.2 Å². The number of amides is 2. The van der Waals surface area contributed by atoms with E-state index in [0.29, 0.717) is 17.8 Å². The van der Waals surface area contributed by atoms with Crippen LogP contribution in [0.25, 0.3) is 0 Å². The summed E-state index contributed by atoms with van der Waals surface area (Å²) in [7, 11) is 0. The molecule has 0 fully saturated rings. The maximum Gasteiger partial charge on any atom is 0.340 e. The summed E-state index contributed by atoms with van der Waals surface area (Å²) in [6.07, 6.45) is 0. The first-order valence-electron chi connectivity index (χ1n) is 9.68. The first kappa shape index (κ1) is 21.7. The standard InChI is InChI=1S/C24H21FN2O4/c1-2-27(19-14-12-18(25)13-15-19)22(28)16-31-24(30)20-10-6-7-11-21(20)26-23(29)17-8-4-3-5-9-17/h3-15H,2,16H2,1H3,(H,26,29). The molecule has 0 aliphatic heterocycles. The monoisotopic (exact) mass is 420 g/mol. The molecule has 2 amide bonds. The quantitative estimate of drug-likeness (QED) is 0.579. The molecule has 0 saturated heterocycles. The maximum absolute atomic E-state index is 13.1. The number of esters is 1. The van der Waals surface area contributed by atoms with Crippen molar-refractivity contribution in [3.63, 3.8) is 0 Å². The number of anilines is 2. The lowest BCUT2D eigenvalue weighted by molar-refractivity contribution is -0.121. The van der Waals surface area contributed by atoms with Crippen molar-refractivity contribution in [1.29, 1.82) is 0 Å². The lowest BCUT2D eigenvalue weighted by Gasteiger charge is -2.21. The van der Waals surface area contributed by atoms with Gasteiger partial charge in [0, 0.05) is 17.8 Å². The van der Waals surface area contributed by atoms with Crippen molar-refractivity contribution < 1.29 is 23.5 Å². The van der Waals surface area contributed by atoms with Gasteiger partial charge in [0.1, 0.15) is 5.82 Å². The molecule has 0 aliphatic rings. The van der Waals surface area contributed by atoms with Crippen molar-refractivity contribution in [2.24, 2.45) is 0 Å². The Kier molecular flexibility index (Phi) is 7.11. The molecule has 31 heavy (non-hydrogen) atoms. The van der Waals surface area contributed by atoms with Crippen LogP contribution in [0, 0.1) is 5.82 Å². The Balaban J connectivity index is 1.67. The molecular formula is C24H21FN2O4. The van der Waals surface area contributed by atoms with Gasteiger partial charge in [-0.25, -0.2) is 9.18 Å². The summed E-state index contributed by atoms with van der Waals surface area (Å²) >= 11 is 0. The van der Waals surface area contributed by atoms with Crippen molar-refractivity contribution in [2.45, 2.75) is 6.92 Å². The third kappa shape index (κ3) is 5.54. The number of carbonyl (C=O) groups is 3. The number of para-hydroxylation sites is 1. The van der Waals surface area contributed by atoms with E-state index in [2.05, 4.69) is 5.32 Å².